The molecule has 0 radical (unpaired) electrons. The van der Waals surface area contributed by atoms with Gasteiger partial charge in [0.05, 0.1) is 32.5 Å². The van der Waals surface area contributed by atoms with Gasteiger partial charge < -0.3 is 19.2 Å². The van der Waals surface area contributed by atoms with Crippen LogP contribution in [0.25, 0.3) is 33.1 Å². The minimum atomic E-state index is 0.357. The second-order valence-corrected chi connectivity index (χ2v) is 6.02. The van der Waals surface area contributed by atoms with Crippen molar-refractivity contribution < 1.29 is 19.0 Å². The van der Waals surface area contributed by atoms with Crippen LogP contribution in [-0.2, 0) is 0 Å². The highest BCUT2D eigenvalue weighted by atomic mass is 16.5. The Hall–Kier alpha value is -3.54. The fourth-order valence-electron chi connectivity index (χ4n) is 3.35. The van der Waals surface area contributed by atoms with Crippen molar-refractivity contribution in [3.63, 3.8) is 0 Å². The Balaban J connectivity index is 2.08. The van der Waals surface area contributed by atoms with E-state index in [4.69, 9.17) is 14.2 Å². The summed E-state index contributed by atoms with van der Waals surface area (Å²) in [5.41, 5.74) is 3.58. The van der Waals surface area contributed by atoms with Gasteiger partial charge in [-0.2, -0.15) is 0 Å². The zero-order valence-electron chi connectivity index (χ0n) is 15.2. The number of nitrogens with one attached hydrogen (secondary N) is 1. The summed E-state index contributed by atoms with van der Waals surface area (Å²) in [4.78, 5) is 19.4. The van der Waals surface area contributed by atoms with Gasteiger partial charge in [0, 0.05) is 21.9 Å². The molecule has 2 aromatic heterocycles. The van der Waals surface area contributed by atoms with Crippen molar-refractivity contribution in [2.75, 3.05) is 21.3 Å². The molecule has 0 amide bonds. The normalized spacial score (nSPS) is 10.9. The summed E-state index contributed by atoms with van der Waals surface area (Å²) in [5, 5.41) is 1.97. The van der Waals surface area contributed by atoms with E-state index in [1.165, 1.54) is 0 Å². The number of benzene rings is 2. The van der Waals surface area contributed by atoms with E-state index in [1.54, 1.807) is 27.4 Å². The van der Waals surface area contributed by atoms with Gasteiger partial charge in [0.25, 0.3) is 0 Å². The molecule has 1 N–H and O–H groups in total. The Labute approximate surface area is 155 Å². The minimum Gasteiger partial charge on any atom is -0.493 e. The van der Waals surface area contributed by atoms with Crippen molar-refractivity contribution in [3.8, 4) is 28.5 Å². The molecule has 0 spiro atoms. The third kappa shape index (κ3) is 2.66. The second kappa shape index (κ2) is 6.64. The van der Waals surface area contributed by atoms with Crippen molar-refractivity contribution in [1.29, 1.82) is 0 Å². The first-order chi connectivity index (χ1) is 13.2. The molecular formula is C21H18N2O4. The molecule has 0 aliphatic carbocycles. The summed E-state index contributed by atoms with van der Waals surface area (Å²) in [6.07, 6.45) is 0.753. The molecule has 27 heavy (non-hydrogen) atoms. The molecule has 2 aromatic carbocycles. The van der Waals surface area contributed by atoms with Crippen LogP contribution in [0.15, 0.2) is 42.5 Å². The Bertz CT molecular complexity index is 1140. The lowest BCUT2D eigenvalue weighted by Gasteiger charge is -2.14. The van der Waals surface area contributed by atoms with Gasteiger partial charge in [0.15, 0.2) is 17.8 Å². The standard InChI is InChI=1S/C21H18N2O4/c1-25-17-8-12(9-18(26-2)21(17)27-3)19-20-15(10-13(11-24)22-19)14-6-4-5-7-16(14)23-20/h4-11,23H,1-3H3. The summed E-state index contributed by atoms with van der Waals surface area (Å²) in [5.74, 6) is 1.55. The Morgan fingerprint density at radius 2 is 1.63 bits per heavy atom. The van der Waals surface area contributed by atoms with Crippen LogP contribution in [0, 0.1) is 0 Å². The SMILES string of the molecule is COc1cc(-c2nc(C=O)cc3c2[nH]c2ccccc23)cc(OC)c1OC. The van der Waals surface area contributed by atoms with Gasteiger partial charge in [-0.1, -0.05) is 18.2 Å². The smallest absolute Gasteiger partial charge is 0.203 e. The predicted octanol–water partition coefficient (Wildman–Crippen LogP) is 4.22. The zero-order valence-corrected chi connectivity index (χ0v) is 15.2. The van der Waals surface area contributed by atoms with Gasteiger partial charge in [-0.3, -0.25) is 4.79 Å². The number of carbonyl (C=O) groups excluding carboxylic acids is 1. The third-order valence-corrected chi connectivity index (χ3v) is 4.58. The molecule has 2 heterocycles. The van der Waals surface area contributed by atoms with Gasteiger partial charge in [-0.15, -0.1) is 0 Å². The van der Waals surface area contributed by atoms with Crippen LogP contribution in [0.4, 0.5) is 0 Å². The lowest BCUT2D eigenvalue weighted by Crippen LogP contribution is -1.97. The molecule has 0 aliphatic heterocycles. The molecule has 6 nitrogen and oxygen atoms in total. The van der Waals surface area contributed by atoms with Gasteiger partial charge in [-0.25, -0.2) is 4.98 Å². The van der Waals surface area contributed by atoms with Crippen molar-refractivity contribution in [1.82, 2.24) is 9.97 Å². The number of hydrogen-bond donors (Lipinski definition) is 1. The number of para-hydroxylation sites is 1. The molecule has 6 heteroatoms. The van der Waals surface area contributed by atoms with E-state index in [9.17, 15) is 4.79 Å². The number of hydrogen-bond acceptors (Lipinski definition) is 5. The highest BCUT2D eigenvalue weighted by Crippen LogP contribution is 2.42. The van der Waals surface area contributed by atoms with Crippen LogP contribution in [0.2, 0.25) is 0 Å². The summed E-state index contributed by atoms with van der Waals surface area (Å²) < 4.78 is 16.3. The molecule has 0 bridgehead atoms. The highest BCUT2D eigenvalue weighted by Gasteiger charge is 2.18. The van der Waals surface area contributed by atoms with E-state index in [0.29, 0.717) is 28.6 Å². The van der Waals surface area contributed by atoms with Crippen LogP contribution in [0.5, 0.6) is 17.2 Å². The fourth-order valence-corrected chi connectivity index (χ4v) is 3.35. The number of carbonyl (C=O) groups is 1. The number of H-pyrrole nitrogens is 1. The lowest BCUT2D eigenvalue weighted by molar-refractivity contribution is 0.111. The molecule has 0 saturated heterocycles. The van der Waals surface area contributed by atoms with Crippen molar-refractivity contribution in [2.45, 2.75) is 0 Å². The first-order valence-electron chi connectivity index (χ1n) is 8.37. The number of aromatic nitrogens is 2. The molecule has 0 aliphatic rings. The van der Waals surface area contributed by atoms with Crippen LogP contribution in [0.3, 0.4) is 0 Å². The average molecular weight is 362 g/mol. The molecule has 0 fully saturated rings. The molecule has 4 aromatic rings. The maximum Gasteiger partial charge on any atom is 0.203 e. The van der Waals surface area contributed by atoms with E-state index in [0.717, 1.165) is 33.7 Å². The summed E-state index contributed by atoms with van der Waals surface area (Å²) in [7, 11) is 4.69. The Morgan fingerprint density at radius 3 is 2.26 bits per heavy atom. The molecular weight excluding hydrogens is 344 g/mol. The van der Waals surface area contributed by atoms with Gasteiger partial charge in [0.2, 0.25) is 5.75 Å². The topological polar surface area (TPSA) is 73.4 Å². The first-order valence-corrected chi connectivity index (χ1v) is 8.37. The van der Waals surface area contributed by atoms with Crippen molar-refractivity contribution in [3.05, 3.63) is 48.2 Å². The van der Waals surface area contributed by atoms with E-state index in [-0.39, 0.29) is 0 Å². The van der Waals surface area contributed by atoms with Crippen molar-refractivity contribution in [2.24, 2.45) is 0 Å². The number of fused-ring (bicyclic) bond motifs is 3. The van der Waals surface area contributed by atoms with E-state index >= 15 is 0 Å². The van der Waals surface area contributed by atoms with Gasteiger partial charge in [0.1, 0.15) is 5.69 Å². The average Bonchev–Trinajstić information content (AvgIpc) is 3.10. The molecule has 4 rings (SSSR count). The fraction of sp³-hybridized carbons (Fsp3) is 0.143. The summed E-state index contributed by atoms with van der Waals surface area (Å²) in [6, 6.07) is 13.4. The molecule has 136 valence electrons. The minimum absolute atomic E-state index is 0.357. The molecule has 0 atom stereocenters. The zero-order chi connectivity index (χ0) is 19.0. The first kappa shape index (κ1) is 16.9. The summed E-state index contributed by atoms with van der Waals surface area (Å²) in [6.45, 7) is 0. The third-order valence-electron chi connectivity index (χ3n) is 4.58. The van der Waals surface area contributed by atoms with Gasteiger partial charge in [-0.05, 0) is 24.3 Å². The maximum absolute atomic E-state index is 11.5. The predicted molar refractivity (Wildman–Crippen MR) is 104 cm³/mol. The summed E-state index contributed by atoms with van der Waals surface area (Å²) >= 11 is 0. The molecule has 0 unspecified atom stereocenters. The van der Waals surface area contributed by atoms with Crippen LogP contribution < -0.4 is 14.2 Å². The largest absolute Gasteiger partial charge is 0.493 e. The maximum atomic E-state index is 11.5. The monoisotopic (exact) mass is 362 g/mol. The van der Waals surface area contributed by atoms with E-state index in [2.05, 4.69) is 9.97 Å². The van der Waals surface area contributed by atoms with Crippen LogP contribution >= 0.6 is 0 Å². The second-order valence-electron chi connectivity index (χ2n) is 6.02. The Morgan fingerprint density at radius 1 is 0.926 bits per heavy atom. The van der Waals surface area contributed by atoms with Crippen molar-refractivity contribution >= 4 is 28.1 Å². The number of aldehydes is 1. The molecule has 0 saturated carbocycles. The van der Waals surface area contributed by atoms with E-state index < -0.39 is 0 Å². The number of pyridine rings is 1. The number of rotatable bonds is 5. The van der Waals surface area contributed by atoms with Gasteiger partial charge >= 0.3 is 0 Å². The number of ether oxygens (including phenoxy) is 3. The number of nitrogens with zero attached hydrogens (tertiary/aromatic N) is 1. The highest BCUT2D eigenvalue weighted by molar-refractivity contribution is 6.12. The van der Waals surface area contributed by atoms with E-state index in [1.807, 2.05) is 36.4 Å². The van der Waals surface area contributed by atoms with Crippen LogP contribution in [0.1, 0.15) is 10.5 Å². The lowest BCUT2D eigenvalue weighted by atomic mass is 10.1. The number of methoxy groups -OCH3 is 3. The van der Waals surface area contributed by atoms with Crippen LogP contribution in [-0.4, -0.2) is 37.6 Å². The quantitative estimate of drug-likeness (QED) is 0.538. The Kier molecular flexibility index (Phi) is 4.16. The number of aromatic amines is 1.